The molecule has 2 aromatic heterocycles. The van der Waals surface area contributed by atoms with Crippen LogP contribution in [0.3, 0.4) is 0 Å². The Morgan fingerprint density at radius 3 is 1.89 bits per heavy atom. The van der Waals surface area contributed by atoms with Crippen molar-refractivity contribution in [1.82, 2.24) is 14.9 Å². The molecule has 0 aliphatic carbocycles. The van der Waals surface area contributed by atoms with E-state index in [1.165, 1.54) is 5.56 Å². The first-order chi connectivity index (χ1) is 21.0. The van der Waals surface area contributed by atoms with E-state index in [1.54, 1.807) is 0 Å². The lowest BCUT2D eigenvalue weighted by Crippen LogP contribution is -2.65. The van der Waals surface area contributed by atoms with Crippen molar-refractivity contribution in [2.24, 2.45) is 0 Å². The maximum Gasteiger partial charge on any atom is 0.490 e. The number of carbonyl (C=O) groups is 3. The lowest BCUT2D eigenvalue weighted by Gasteiger charge is -2.53. The van der Waals surface area contributed by atoms with Gasteiger partial charge in [-0.2, -0.15) is 39.5 Å². The fourth-order valence-corrected chi connectivity index (χ4v) is 3.86. The van der Waals surface area contributed by atoms with Crippen LogP contribution in [0, 0.1) is 6.92 Å². The summed E-state index contributed by atoms with van der Waals surface area (Å²) in [6.07, 6.45) is -7.42. The number of pyridine rings is 2. The third-order valence-electron chi connectivity index (χ3n) is 5.73. The molecule has 258 valence electrons. The second kappa shape index (κ2) is 17.0. The highest BCUT2D eigenvalue weighted by atomic mass is 19.4. The summed E-state index contributed by atoms with van der Waals surface area (Å²) in [7, 11) is 0. The second-order valence-electron chi connectivity index (χ2n) is 9.70. The normalized spacial score (nSPS) is 17.5. The van der Waals surface area contributed by atoms with Gasteiger partial charge in [-0.1, -0.05) is 12.1 Å². The molecule has 2 saturated heterocycles. The molecular weight excluding hydrogens is 653 g/mol. The molecule has 46 heavy (non-hydrogen) atoms. The third-order valence-corrected chi connectivity index (χ3v) is 5.73. The van der Waals surface area contributed by atoms with Gasteiger partial charge in [0.1, 0.15) is 0 Å². The fraction of sp³-hybridized carbons (Fsp3) is 0.500. The molecule has 1 unspecified atom stereocenters. The van der Waals surface area contributed by atoms with Crippen molar-refractivity contribution < 1.29 is 78.7 Å². The number of hydrogen-bond donors (Lipinski definition) is 3. The smallest absolute Gasteiger partial charge is 0.475 e. The number of hydrogen-bond acceptors (Lipinski definition) is 8. The minimum absolute atomic E-state index is 0.0252. The monoisotopic (exact) mass is 681 g/mol. The fourth-order valence-electron chi connectivity index (χ4n) is 3.86. The number of likely N-dealkylation sites (tertiary alicyclic amines) is 1. The van der Waals surface area contributed by atoms with E-state index in [-0.39, 0.29) is 11.7 Å². The molecular formula is C26H28F9N3O8. The Kier molecular flexibility index (Phi) is 14.8. The Morgan fingerprint density at radius 2 is 1.46 bits per heavy atom. The summed E-state index contributed by atoms with van der Waals surface area (Å²) in [6, 6.07) is 8.21. The highest BCUT2D eigenvalue weighted by Crippen LogP contribution is 2.36. The van der Waals surface area contributed by atoms with Crippen LogP contribution in [-0.4, -0.2) is 98.0 Å². The van der Waals surface area contributed by atoms with Crippen LogP contribution in [0.2, 0.25) is 0 Å². The zero-order valence-electron chi connectivity index (χ0n) is 23.7. The van der Waals surface area contributed by atoms with Gasteiger partial charge in [-0.3, -0.25) is 14.9 Å². The molecule has 0 bridgehead atoms. The van der Waals surface area contributed by atoms with Crippen molar-refractivity contribution in [2.75, 3.05) is 19.7 Å². The molecule has 1 spiro atoms. The molecule has 11 nitrogen and oxygen atoms in total. The summed E-state index contributed by atoms with van der Waals surface area (Å²) in [4.78, 5) is 37.7. The van der Waals surface area contributed by atoms with E-state index in [4.69, 9.17) is 39.2 Å². The number of ether oxygens (including phenoxy) is 2. The molecule has 2 aliphatic rings. The predicted molar refractivity (Wildman–Crippen MR) is 136 cm³/mol. The molecule has 0 saturated carbocycles. The van der Waals surface area contributed by atoms with Gasteiger partial charge in [-0.15, -0.1) is 0 Å². The summed E-state index contributed by atoms with van der Waals surface area (Å²) >= 11 is 0. The molecule has 4 heterocycles. The zero-order chi connectivity index (χ0) is 35.3. The van der Waals surface area contributed by atoms with Crippen molar-refractivity contribution in [2.45, 2.75) is 63.2 Å². The summed E-state index contributed by atoms with van der Waals surface area (Å²) in [5.74, 6) is -8.27. The van der Waals surface area contributed by atoms with Gasteiger partial charge in [0.2, 0.25) is 0 Å². The van der Waals surface area contributed by atoms with Gasteiger partial charge in [0.25, 0.3) is 0 Å². The molecule has 0 aromatic carbocycles. The van der Waals surface area contributed by atoms with Crippen molar-refractivity contribution in [3.63, 3.8) is 0 Å². The van der Waals surface area contributed by atoms with Crippen molar-refractivity contribution in [3.05, 3.63) is 59.7 Å². The summed E-state index contributed by atoms with van der Waals surface area (Å²) in [5.41, 5.74) is 3.41. The minimum atomic E-state index is -5.08. The van der Waals surface area contributed by atoms with E-state index in [2.05, 4.69) is 33.9 Å². The number of nitrogens with zero attached hydrogens (tertiary/aromatic N) is 3. The molecule has 4 rings (SSSR count). The Labute approximate surface area is 254 Å². The van der Waals surface area contributed by atoms with Gasteiger partial charge < -0.3 is 24.8 Å². The number of rotatable bonds is 5. The number of alkyl halides is 9. The maximum atomic E-state index is 10.6. The van der Waals surface area contributed by atoms with Crippen LogP contribution in [0.5, 0.6) is 0 Å². The van der Waals surface area contributed by atoms with Crippen LogP contribution in [0.4, 0.5) is 39.5 Å². The van der Waals surface area contributed by atoms with Crippen molar-refractivity contribution in [3.8, 4) is 0 Å². The third kappa shape index (κ3) is 15.3. The first-order valence-corrected chi connectivity index (χ1v) is 12.7. The molecule has 0 radical (unpaired) electrons. The van der Waals surface area contributed by atoms with Gasteiger partial charge in [0.05, 0.1) is 24.0 Å². The maximum absolute atomic E-state index is 10.6. The van der Waals surface area contributed by atoms with Crippen molar-refractivity contribution >= 4 is 17.9 Å². The number of carboxylic acids is 3. The zero-order valence-corrected chi connectivity index (χ0v) is 23.7. The largest absolute Gasteiger partial charge is 0.490 e. The van der Waals surface area contributed by atoms with Crippen LogP contribution >= 0.6 is 0 Å². The van der Waals surface area contributed by atoms with E-state index < -0.39 is 36.4 Å². The summed E-state index contributed by atoms with van der Waals surface area (Å²) in [6.45, 7) is 6.31. The van der Waals surface area contributed by atoms with Crippen molar-refractivity contribution in [1.29, 1.82) is 0 Å². The van der Waals surface area contributed by atoms with E-state index in [0.29, 0.717) is 6.61 Å². The average molecular weight is 682 g/mol. The van der Waals surface area contributed by atoms with Gasteiger partial charge in [-0.25, -0.2) is 14.4 Å². The van der Waals surface area contributed by atoms with Gasteiger partial charge in [0.15, 0.2) is 0 Å². The van der Waals surface area contributed by atoms with Crippen LogP contribution < -0.4 is 0 Å². The van der Waals surface area contributed by atoms with E-state index in [0.717, 1.165) is 50.3 Å². The predicted octanol–water partition coefficient (Wildman–Crippen LogP) is 4.64. The number of aliphatic carboxylic acids is 3. The second-order valence-corrected chi connectivity index (χ2v) is 9.70. The van der Waals surface area contributed by atoms with Crippen LogP contribution in [-0.2, 0) is 37.0 Å². The standard InChI is InChI=1S/C20H25N3O2.3C2HF3O2/c1-16-8-17(11-21-10-16)13-24-19-5-7-25-20(9-19)14-23(15-20)12-18-4-2-3-6-22-18;3*3-2(4,5)1(6)7/h2-4,6,8,10-11,19H,5,7,9,12-15H2,1H3;3*(H,6,7). The van der Waals surface area contributed by atoms with Crippen LogP contribution in [0.15, 0.2) is 42.9 Å². The number of aromatic nitrogens is 2. The Balaban J connectivity index is 0.000000413. The van der Waals surface area contributed by atoms with E-state index >= 15 is 0 Å². The molecule has 2 fully saturated rings. The van der Waals surface area contributed by atoms with E-state index in [9.17, 15) is 39.5 Å². The number of aryl methyl sites for hydroxylation is 1. The molecule has 20 heteroatoms. The van der Waals surface area contributed by atoms with Crippen LogP contribution in [0.25, 0.3) is 0 Å². The molecule has 2 aromatic rings. The summed E-state index contributed by atoms with van der Waals surface area (Å²) in [5, 5.41) is 21.4. The number of carboxylic acid groups (broad SMARTS) is 3. The SMILES string of the molecule is Cc1cncc(COC2CCOC3(C2)CN(Cc2ccccn2)C3)c1.O=C(O)C(F)(F)F.O=C(O)C(F)(F)F.O=C(O)C(F)(F)F. The minimum Gasteiger partial charge on any atom is -0.475 e. The molecule has 2 aliphatic heterocycles. The first kappa shape index (κ1) is 40.0. The van der Waals surface area contributed by atoms with Crippen LogP contribution in [0.1, 0.15) is 29.7 Å². The Hall–Kier alpha value is -4.04. The topological polar surface area (TPSA) is 159 Å². The molecule has 0 amide bonds. The highest BCUT2D eigenvalue weighted by Gasteiger charge is 2.47. The Morgan fingerprint density at radius 1 is 0.935 bits per heavy atom. The van der Waals surface area contributed by atoms with E-state index in [1.807, 2.05) is 30.7 Å². The first-order valence-electron chi connectivity index (χ1n) is 12.7. The van der Waals surface area contributed by atoms with Gasteiger partial charge in [0, 0.05) is 51.3 Å². The molecule has 3 N–H and O–H groups in total. The van der Waals surface area contributed by atoms with Gasteiger partial charge in [-0.05, 0) is 36.6 Å². The number of halogens is 9. The lowest BCUT2D eigenvalue weighted by molar-refractivity contribution is -0.200. The Bertz CT molecular complexity index is 1210. The highest BCUT2D eigenvalue weighted by molar-refractivity contribution is 5.73. The summed E-state index contributed by atoms with van der Waals surface area (Å²) < 4.78 is 107. The lowest BCUT2D eigenvalue weighted by atomic mass is 9.84. The van der Waals surface area contributed by atoms with Gasteiger partial charge >= 0.3 is 36.4 Å². The average Bonchev–Trinajstić information content (AvgIpc) is 2.91. The quantitative estimate of drug-likeness (QED) is 0.378. The molecule has 1 atom stereocenters.